The Morgan fingerprint density at radius 2 is 2.12 bits per heavy atom. The Bertz CT molecular complexity index is 554. The Kier molecular flexibility index (Phi) is 3.31. The summed E-state index contributed by atoms with van der Waals surface area (Å²) in [6.45, 7) is 2.56. The molecule has 1 N–H and O–H groups in total. The minimum atomic E-state index is 0.204. The van der Waals surface area contributed by atoms with Gasteiger partial charge in [-0.1, -0.05) is 11.6 Å². The molecule has 0 saturated heterocycles. The molecule has 0 aliphatic heterocycles. The number of benzene rings is 1. The van der Waals surface area contributed by atoms with Gasteiger partial charge in [0.2, 0.25) is 0 Å². The van der Waals surface area contributed by atoms with Crippen molar-refractivity contribution in [3.05, 3.63) is 35.1 Å². The smallest absolute Gasteiger partial charge is 0.178 e. The van der Waals surface area contributed by atoms with Crippen molar-refractivity contribution in [2.45, 2.75) is 6.92 Å². The van der Waals surface area contributed by atoms with Crippen molar-refractivity contribution in [2.75, 3.05) is 6.61 Å². The molecule has 0 atom stereocenters. The minimum absolute atomic E-state index is 0.204. The molecule has 0 fully saturated rings. The molecular weight excluding hydrogens is 238 g/mol. The Balaban J connectivity index is 2.30. The second kappa shape index (κ2) is 4.89. The van der Waals surface area contributed by atoms with Crippen molar-refractivity contribution >= 4 is 11.6 Å². The van der Waals surface area contributed by atoms with Crippen LogP contribution in [0.3, 0.4) is 0 Å². The molecule has 0 saturated carbocycles. The zero-order chi connectivity index (χ0) is 12.3. The Morgan fingerprint density at radius 3 is 2.65 bits per heavy atom. The molecule has 0 aliphatic carbocycles. The third-order valence-electron chi connectivity index (χ3n) is 2.20. The lowest BCUT2D eigenvalue weighted by atomic mass is 10.2. The molecule has 0 amide bonds. The number of imidazole rings is 1. The molecule has 5 heteroatoms. The Morgan fingerprint density at radius 1 is 1.41 bits per heavy atom. The predicted octanol–water partition coefficient (Wildman–Crippen LogP) is 3.00. The lowest BCUT2D eigenvalue weighted by Crippen LogP contribution is -1.90. The highest BCUT2D eigenvalue weighted by Crippen LogP contribution is 2.23. The predicted molar refractivity (Wildman–Crippen MR) is 64.9 cm³/mol. The molecule has 0 bridgehead atoms. The molecule has 1 aromatic carbocycles. The maximum atomic E-state index is 8.76. The van der Waals surface area contributed by atoms with Crippen LogP contribution in [0.1, 0.15) is 12.6 Å². The van der Waals surface area contributed by atoms with E-state index in [1.54, 1.807) is 0 Å². The number of nitriles is 1. The molecule has 1 aromatic heterocycles. The molecule has 2 aromatic rings. The van der Waals surface area contributed by atoms with Crippen molar-refractivity contribution in [1.29, 1.82) is 5.26 Å². The first-order valence-corrected chi connectivity index (χ1v) is 5.51. The van der Waals surface area contributed by atoms with Gasteiger partial charge in [-0.15, -0.1) is 0 Å². The van der Waals surface area contributed by atoms with Crippen LogP contribution in [0.2, 0.25) is 5.15 Å². The number of nitrogens with one attached hydrogen (secondary N) is 1. The largest absolute Gasteiger partial charge is 0.494 e. The van der Waals surface area contributed by atoms with E-state index >= 15 is 0 Å². The first kappa shape index (κ1) is 11.5. The van der Waals surface area contributed by atoms with Crippen molar-refractivity contribution in [3.63, 3.8) is 0 Å². The SMILES string of the molecule is CCOc1ccc(-c2nc(C#N)c(Cl)[nH]2)cc1. The van der Waals surface area contributed by atoms with Gasteiger partial charge in [0, 0.05) is 5.56 Å². The minimum Gasteiger partial charge on any atom is -0.494 e. The van der Waals surface area contributed by atoms with E-state index in [9.17, 15) is 0 Å². The van der Waals surface area contributed by atoms with E-state index < -0.39 is 0 Å². The summed E-state index contributed by atoms with van der Waals surface area (Å²) in [6, 6.07) is 9.34. The molecule has 4 nitrogen and oxygen atoms in total. The van der Waals surface area contributed by atoms with Gasteiger partial charge in [-0.2, -0.15) is 5.26 Å². The lowest BCUT2D eigenvalue weighted by Gasteiger charge is -2.02. The van der Waals surface area contributed by atoms with E-state index in [1.807, 2.05) is 37.3 Å². The summed E-state index contributed by atoms with van der Waals surface area (Å²) in [6.07, 6.45) is 0. The van der Waals surface area contributed by atoms with E-state index in [-0.39, 0.29) is 10.8 Å². The normalized spacial score (nSPS) is 9.94. The quantitative estimate of drug-likeness (QED) is 0.907. The molecule has 0 unspecified atom stereocenters. The van der Waals surface area contributed by atoms with Gasteiger partial charge >= 0.3 is 0 Å². The van der Waals surface area contributed by atoms with Crippen molar-refractivity contribution in [2.24, 2.45) is 0 Å². The van der Waals surface area contributed by atoms with Crippen LogP contribution >= 0.6 is 11.6 Å². The van der Waals surface area contributed by atoms with Crippen LogP contribution in [0, 0.1) is 11.3 Å². The number of rotatable bonds is 3. The van der Waals surface area contributed by atoms with Crippen molar-refractivity contribution in [3.8, 4) is 23.2 Å². The summed E-state index contributed by atoms with van der Waals surface area (Å²) in [5.74, 6) is 1.38. The first-order valence-electron chi connectivity index (χ1n) is 5.13. The topological polar surface area (TPSA) is 61.7 Å². The molecular formula is C12H10ClN3O. The number of halogens is 1. The second-order valence-electron chi connectivity index (χ2n) is 3.32. The van der Waals surface area contributed by atoms with Crippen LogP contribution in [0.25, 0.3) is 11.4 Å². The summed E-state index contributed by atoms with van der Waals surface area (Å²) in [5, 5.41) is 9.02. The number of hydrogen-bond donors (Lipinski definition) is 1. The van der Waals surface area contributed by atoms with Gasteiger partial charge in [0.05, 0.1) is 6.61 Å². The highest BCUT2D eigenvalue weighted by Gasteiger charge is 2.09. The highest BCUT2D eigenvalue weighted by atomic mass is 35.5. The summed E-state index contributed by atoms with van der Waals surface area (Å²) < 4.78 is 5.34. The molecule has 17 heavy (non-hydrogen) atoms. The van der Waals surface area contributed by atoms with E-state index in [0.29, 0.717) is 12.4 Å². The molecule has 1 heterocycles. The monoisotopic (exact) mass is 247 g/mol. The second-order valence-corrected chi connectivity index (χ2v) is 3.70. The number of nitrogens with zero attached hydrogens (tertiary/aromatic N) is 2. The maximum Gasteiger partial charge on any atom is 0.178 e. The van der Waals surface area contributed by atoms with Gasteiger partial charge in [-0.05, 0) is 31.2 Å². The fraction of sp³-hybridized carbons (Fsp3) is 0.167. The molecule has 0 aliphatic rings. The maximum absolute atomic E-state index is 8.76. The van der Waals surface area contributed by atoms with E-state index in [2.05, 4.69) is 9.97 Å². The van der Waals surface area contributed by atoms with Crippen molar-refractivity contribution in [1.82, 2.24) is 9.97 Å². The third kappa shape index (κ3) is 2.40. The average Bonchev–Trinajstić information content (AvgIpc) is 2.72. The number of H-pyrrole nitrogens is 1. The number of aromatic amines is 1. The first-order chi connectivity index (χ1) is 8.24. The lowest BCUT2D eigenvalue weighted by molar-refractivity contribution is 0.340. The van der Waals surface area contributed by atoms with Crippen LogP contribution in [0.4, 0.5) is 0 Å². The summed E-state index contributed by atoms with van der Waals surface area (Å²) in [4.78, 5) is 6.94. The van der Waals surface area contributed by atoms with Gasteiger partial charge < -0.3 is 9.72 Å². The van der Waals surface area contributed by atoms with Gasteiger partial charge in [0.1, 0.15) is 22.8 Å². The van der Waals surface area contributed by atoms with Crippen LogP contribution in [-0.2, 0) is 0 Å². The number of aromatic nitrogens is 2. The van der Waals surface area contributed by atoms with E-state index in [1.165, 1.54) is 0 Å². The van der Waals surface area contributed by atoms with Gasteiger partial charge in [-0.3, -0.25) is 0 Å². The zero-order valence-electron chi connectivity index (χ0n) is 9.20. The number of ether oxygens (including phenoxy) is 1. The van der Waals surface area contributed by atoms with Crippen LogP contribution in [0.5, 0.6) is 5.75 Å². The third-order valence-corrected chi connectivity index (χ3v) is 2.48. The van der Waals surface area contributed by atoms with Crippen LogP contribution in [0.15, 0.2) is 24.3 Å². The molecule has 0 spiro atoms. The summed E-state index contributed by atoms with van der Waals surface area (Å²) in [5.41, 5.74) is 1.06. The number of hydrogen-bond acceptors (Lipinski definition) is 3. The van der Waals surface area contributed by atoms with E-state index in [4.69, 9.17) is 21.6 Å². The molecule has 0 radical (unpaired) electrons. The average molecular weight is 248 g/mol. The highest BCUT2D eigenvalue weighted by molar-refractivity contribution is 6.30. The Hall–Kier alpha value is -1.99. The standard InChI is InChI=1S/C12H10ClN3O/c1-2-17-9-5-3-8(4-6-9)12-15-10(7-14)11(13)16-12/h3-6H,2H2,1H3,(H,15,16). The van der Waals surface area contributed by atoms with Crippen LogP contribution in [-0.4, -0.2) is 16.6 Å². The Labute approximate surface area is 104 Å². The zero-order valence-corrected chi connectivity index (χ0v) is 9.95. The fourth-order valence-electron chi connectivity index (χ4n) is 1.44. The van der Waals surface area contributed by atoms with Gasteiger partial charge in [0.15, 0.2) is 5.69 Å². The van der Waals surface area contributed by atoms with Gasteiger partial charge in [0.25, 0.3) is 0 Å². The van der Waals surface area contributed by atoms with E-state index in [0.717, 1.165) is 11.3 Å². The van der Waals surface area contributed by atoms with Crippen LogP contribution < -0.4 is 4.74 Å². The summed E-state index contributed by atoms with van der Waals surface area (Å²) in [7, 11) is 0. The van der Waals surface area contributed by atoms with Crippen molar-refractivity contribution < 1.29 is 4.74 Å². The fourth-order valence-corrected chi connectivity index (χ4v) is 1.61. The molecule has 86 valence electrons. The molecule has 2 rings (SSSR count). The van der Waals surface area contributed by atoms with Gasteiger partial charge in [-0.25, -0.2) is 4.98 Å². The summed E-state index contributed by atoms with van der Waals surface area (Å²) >= 11 is 5.81.